The maximum Gasteiger partial charge on any atom is 0.510 e. The van der Waals surface area contributed by atoms with Crippen LogP contribution in [-0.4, -0.2) is 49.5 Å². The summed E-state index contributed by atoms with van der Waals surface area (Å²) < 4.78 is 14.6. The molecule has 0 aromatic heterocycles. The highest BCUT2D eigenvalue weighted by atomic mass is 16.7. The van der Waals surface area contributed by atoms with Crippen LogP contribution in [0.15, 0.2) is 30.3 Å². The number of hydrogen-bond donors (Lipinski definition) is 3. The van der Waals surface area contributed by atoms with E-state index >= 15 is 0 Å². The number of β-lactam (4-membered cyclic amide) rings is 1. The van der Waals surface area contributed by atoms with Crippen LogP contribution in [0.4, 0.5) is 9.59 Å². The number of benzene rings is 1. The van der Waals surface area contributed by atoms with E-state index < -0.39 is 36.5 Å². The second-order valence-electron chi connectivity index (χ2n) is 5.40. The van der Waals surface area contributed by atoms with Gasteiger partial charge in [0, 0.05) is 0 Å². The predicted octanol–water partition coefficient (Wildman–Crippen LogP) is 0.0250. The Labute approximate surface area is 149 Å². The predicted molar refractivity (Wildman–Crippen MR) is 86.6 cm³/mol. The van der Waals surface area contributed by atoms with E-state index in [2.05, 4.69) is 16.0 Å². The molecule has 0 bridgehead atoms. The van der Waals surface area contributed by atoms with Gasteiger partial charge in [-0.2, -0.15) is 0 Å². The fourth-order valence-corrected chi connectivity index (χ4v) is 2.10. The first-order chi connectivity index (χ1) is 12.5. The summed E-state index contributed by atoms with van der Waals surface area (Å²) in [6.45, 7) is 1.30. The number of rotatable bonds is 8. The monoisotopic (exact) mass is 365 g/mol. The molecule has 1 fully saturated rings. The summed E-state index contributed by atoms with van der Waals surface area (Å²) in [5.74, 6) is -0.417. The molecule has 140 valence electrons. The average Bonchev–Trinajstić information content (AvgIpc) is 2.62. The van der Waals surface area contributed by atoms with Crippen molar-refractivity contribution < 1.29 is 33.4 Å². The molecule has 0 radical (unpaired) electrons. The highest BCUT2D eigenvalue weighted by Gasteiger charge is 2.41. The summed E-state index contributed by atoms with van der Waals surface area (Å²) in [5.41, 5.74) is 0.807. The van der Waals surface area contributed by atoms with E-state index in [-0.39, 0.29) is 13.2 Å². The lowest BCUT2D eigenvalue weighted by molar-refractivity contribution is -0.133. The SMILES string of the molecule is CC(NC=O)OC(=O)OC[C@@H]1NC(=O)[C@@H]1NC(=O)OCc1ccccc1. The van der Waals surface area contributed by atoms with Crippen LogP contribution in [0.1, 0.15) is 12.5 Å². The van der Waals surface area contributed by atoms with E-state index in [9.17, 15) is 19.2 Å². The lowest BCUT2D eigenvalue weighted by atomic mass is 10.0. The van der Waals surface area contributed by atoms with E-state index in [4.69, 9.17) is 14.2 Å². The van der Waals surface area contributed by atoms with Crippen molar-refractivity contribution in [3.63, 3.8) is 0 Å². The Morgan fingerprint density at radius 1 is 1.27 bits per heavy atom. The smallest absolute Gasteiger partial charge is 0.445 e. The van der Waals surface area contributed by atoms with Gasteiger partial charge in [0.2, 0.25) is 12.3 Å². The van der Waals surface area contributed by atoms with E-state index in [0.717, 1.165) is 5.56 Å². The Bertz CT molecular complexity index is 653. The Hall–Kier alpha value is -3.30. The third kappa shape index (κ3) is 5.65. The van der Waals surface area contributed by atoms with Crippen molar-refractivity contribution in [3.8, 4) is 0 Å². The zero-order valence-corrected chi connectivity index (χ0v) is 14.0. The minimum Gasteiger partial charge on any atom is -0.445 e. The highest BCUT2D eigenvalue weighted by Crippen LogP contribution is 2.09. The van der Waals surface area contributed by atoms with Gasteiger partial charge < -0.3 is 30.2 Å². The van der Waals surface area contributed by atoms with Crippen LogP contribution >= 0.6 is 0 Å². The van der Waals surface area contributed by atoms with Crippen LogP contribution in [0.5, 0.6) is 0 Å². The van der Waals surface area contributed by atoms with Crippen LogP contribution in [-0.2, 0) is 30.4 Å². The topological polar surface area (TPSA) is 132 Å². The van der Waals surface area contributed by atoms with Gasteiger partial charge in [-0.1, -0.05) is 30.3 Å². The molecule has 3 N–H and O–H groups in total. The fraction of sp³-hybridized carbons (Fsp3) is 0.375. The first-order valence-electron chi connectivity index (χ1n) is 7.80. The Morgan fingerprint density at radius 3 is 2.65 bits per heavy atom. The van der Waals surface area contributed by atoms with Crippen molar-refractivity contribution in [1.29, 1.82) is 0 Å². The van der Waals surface area contributed by atoms with Crippen LogP contribution < -0.4 is 16.0 Å². The highest BCUT2D eigenvalue weighted by molar-refractivity contribution is 5.92. The Morgan fingerprint density at radius 2 is 2.00 bits per heavy atom. The van der Waals surface area contributed by atoms with Gasteiger partial charge in [0.1, 0.15) is 19.3 Å². The minimum absolute atomic E-state index is 0.0656. The standard InChI is InChI=1S/C16H19N3O7/c1-10(17-9-20)26-16(23)25-8-12-13(14(21)18-12)19-15(22)24-7-11-5-3-2-4-6-11/h2-6,9-10,12-13H,7-8H2,1H3,(H,17,20)(H,18,21)(H,19,22)/t10?,12-,13+/m0/s1. The summed E-state index contributed by atoms with van der Waals surface area (Å²) in [6.07, 6.45) is -2.24. The van der Waals surface area contributed by atoms with Crippen molar-refractivity contribution in [3.05, 3.63) is 35.9 Å². The van der Waals surface area contributed by atoms with E-state index in [1.54, 1.807) is 12.1 Å². The Kier molecular flexibility index (Phi) is 6.77. The molecule has 1 aliphatic rings. The summed E-state index contributed by atoms with van der Waals surface area (Å²) in [5, 5.41) is 7.11. The second-order valence-corrected chi connectivity index (χ2v) is 5.40. The molecule has 26 heavy (non-hydrogen) atoms. The number of nitrogens with one attached hydrogen (secondary N) is 3. The molecule has 3 atom stereocenters. The van der Waals surface area contributed by atoms with E-state index in [1.807, 2.05) is 18.2 Å². The van der Waals surface area contributed by atoms with Crippen LogP contribution in [0.3, 0.4) is 0 Å². The van der Waals surface area contributed by atoms with Gasteiger partial charge >= 0.3 is 12.2 Å². The van der Waals surface area contributed by atoms with Gasteiger partial charge in [-0.3, -0.25) is 9.59 Å². The molecule has 3 amide bonds. The Balaban J connectivity index is 1.71. The molecule has 10 heteroatoms. The van der Waals surface area contributed by atoms with Gasteiger partial charge in [-0.05, 0) is 12.5 Å². The van der Waals surface area contributed by atoms with E-state index in [0.29, 0.717) is 6.41 Å². The summed E-state index contributed by atoms with van der Waals surface area (Å²) >= 11 is 0. The average molecular weight is 365 g/mol. The third-order valence-electron chi connectivity index (χ3n) is 3.46. The van der Waals surface area contributed by atoms with Crippen molar-refractivity contribution in [2.75, 3.05) is 6.61 Å². The summed E-state index contributed by atoms with van der Waals surface area (Å²) in [4.78, 5) is 45.0. The number of hydrogen-bond acceptors (Lipinski definition) is 7. The zero-order chi connectivity index (χ0) is 18.9. The number of carbonyl (C=O) groups excluding carboxylic acids is 4. The molecule has 0 saturated carbocycles. The molecule has 1 unspecified atom stereocenters. The maximum atomic E-state index is 11.8. The van der Waals surface area contributed by atoms with Crippen molar-refractivity contribution in [2.45, 2.75) is 31.8 Å². The molecule has 2 rings (SSSR count). The summed E-state index contributed by atoms with van der Waals surface area (Å²) in [7, 11) is 0. The largest absolute Gasteiger partial charge is 0.510 e. The van der Waals surface area contributed by atoms with Crippen molar-refractivity contribution >= 4 is 24.6 Å². The quantitative estimate of drug-likeness (QED) is 0.256. The van der Waals surface area contributed by atoms with Gasteiger partial charge in [0.15, 0.2) is 6.23 Å². The number of ether oxygens (including phenoxy) is 3. The number of carbonyl (C=O) groups is 4. The number of amides is 3. The summed E-state index contributed by atoms with van der Waals surface area (Å²) in [6, 6.07) is 7.58. The molecular formula is C16H19N3O7. The third-order valence-corrected chi connectivity index (χ3v) is 3.46. The molecular weight excluding hydrogens is 346 g/mol. The van der Waals surface area contributed by atoms with Gasteiger partial charge in [0.05, 0.1) is 6.04 Å². The van der Waals surface area contributed by atoms with Gasteiger partial charge in [0.25, 0.3) is 0 Å². The molecule has 1 saturated heterocycles. The van der Waals surface area contributed by atoms with Crippen LogP contribution in [0.25, 0.3) is 0 Å². The van der Waals surface area contributed by atoms with Crippen molar-refractivity contribution in [2.24, 2.45) is 0 Å². The zero-order valence-electron chi connectivity index (χ0n) is 14.0. The van der Waals surface area contributed by atoms with E-state index in [1.165, 1.54) is 6.92 Å². The van der Waals surface area contributed by atoms with Gasteiger partial charge in [-0.25, -0.2) is 9.59 Å². The van der Waals surface area contributed by atoms with Crippen LogP contribution in [0, 0.1) is 0 Å². The fourth-order valence-electron chi connectivity index (χ4n) is 2.10. The number of alkyl carbamates (subject to hydrolysis) is 1. The lowest BCUT2D eigenvalue weighted by Crippen LogP contribution is -2.70. The molecule has 0 aliphatic carbocycles. The second kappa shape index (κ2) is 9.25. The first-order valence-corrected chi connectivity index (χ1v) is 7.80. The molecule has 1 aromatic carbocycles. The maximum absolute atomic E-state index is 11.8. The molecule has 1 heterocycles. The molecule has 10 nitrogen and oxygen atoms in total. The molecule has 1 aliphatic heterocycles. The van der Waals surface area contributed by atoms with Crippen LogP contribution in [0.2, 0.25) is 0 Å². The van der Waals surface area contributed by atoms with Crippen molar-refractivity contribution in [1.82, 2.24) is 16.0 Å². The lowest BCUT2D eigenvalue weighted by Gasteiger charge is -2.36. The first kappa shape index (κ1) is 19.0. The minimum atomic E-state index is -1.02. The molecule has 0 spiro atoms. The van der Waals surface area contributed by atoms with Gasteiger partial charge in [-0.15, -0.1) is 0 Å². The normalized spacial score (nSPS) is 19.2. The molecule has 1 aromatic rings.